The summed E-state index contributed by atoms with van der Waals surface area (Å²) in [7, 11) is -3.79. The highest BCUT2D eigenvalue weighted by molar-refractivity contribution is 7.88. The van der Waals surface area contributed by atoms with Crippen molar-refractivity contribution in [2.75, 3.05) is 30.8 Å². The van der Waals surface area contributed by atoms with Crippen molar-refractivity contribution in [1.29, 1.82) is 0 Å². The Morgan fingerprint density at radius 2 is 1.97 bits per heavy atom. The number of hydrogen-bond donors (Lipinski definition) is 1. The third kappa shape index (κ3) is 5.33. The number of carbonyl (C=O) groups is 1. The van der Waals surface area contributed by atoms with E-state index < -0.39 is 27.8 Å². The fourth-order valence-corrected chi connectivity index (χ4v) is 6.12. The average Bonchev–Trinajstić information content (AvgIpc) is 3.47. The molecule has 0 aliphatic carbocycles. The maximum atomic E-state index is 14.7. The summed E-state index contributed by atoms with van der Waals surface area (Å²) in [5.74, 6) is 0.453. The topological polar surface area (TPSA) is 99.9 Å². The lowest BCUT2D eigenvalue weighted by Gasteiger charge is -2.37. The first kappa shape index (κ1) is 25.6. The second-order valence-electron chi connectivity index (χ2n) is 10.3. The molecule has 2 aliphatic rings. The Kier molecular flexibility index (Phi) is 6.93. The second-order valence-corrected chi connectivity index (χ2v) is 12.1. The summed E-state index contributed by atoms with van der Waals surface area (Å²) in [6, 6.07) is 5.93. The molecular formula is C26H33FN6O3S. The van der Waals surface area contributed by atoms with Crippen LogP contribution in [0.2, 0.25) is 0 Å². The van der Waals surface area contributed by atoms with E-state index in [1.165, 1.54) is 18.2 Å². The largest absolute Gasteiger partial charge is 0.356 e. The summed E-state index contributed by atoms with van der Waals surface area (Å²) in [6.07, 6.45) is 6.42. The predicted molar refractivity (Wildman–Crippen MR) is 139 cm³/mol. The van der Waals surface area contributed by atoms with Gasteiger partial charge in [-0.1, -0.05) is 25.1 Å². The number of amides is 1. The van der Waals surface area contributed by atoms with E-state index in [9.17, 15) is 17.6 Å². The van der Waals surface area contributed by atoms with Crippen molar-refractivity contribution < 1.29 is 17.6 Å². The summed E-state index contributed by atoms with van der Waals surface area (Å²) in [5, 5.41) is 4.77. The van der Waals surface area contributed by atoms with Crippen LogP contribution >= 0.6 is 0 Å². The molecule has 37 heavy (non-hydrogen) atoms. The summed E-state index contributed by atoms with van der Waals surface area (Å²) in [5.41, 5.74) is 2.43. The fourth-order valence-electron chi connectivity index (χ4n) is 5.47. The molecule has 3 atom stereocenters. The number of piperidine rings is 1. The van der Waals surface area contributed by atoms with Gasteiger partial charge in [0.05, 0.1) is 18.0 Å². The van der Waals surface area contributed by atoms with Crippen molar-refractivity contribution >= 4 is 27.4 Å². The van der Waals surface area contributed by atoms with Crippen LogP contribution in [0.4, 0.5) is 10.2 Å². The number of benzene rings is 1. The van der Waals surface area contributed by atoms with Gasteiger partial charge in [0, 0.05) is 43.0 Å². The Morgan fingerprint density at radius 1 is 1.19 bits per heavy atom. The quantitative estimate of drug-likeness (QED) is 0.527. The lowest BCUT2D eigenvalue weighted by Crippen LogP contribution is -2.46. The van der Waals surface area contributed by atoms with E-state index in [2.05, 4.69) is 16.5 Å². The first-order valence-corrected chi connectivity index (χ1v) is 14.6. The Hall–Kier alpha value is -3.05. The molecule has 1 N–H and O–H groups in total. The van der Waals surface area contributed by atoms with Crippen LogP contribution in [0.1, 0.15) is 61.5 Å². The molecule has 3 aromatic rings. The van der Waals surface area contributed by atoms with Crippen LogP contribution < -0.4 is 9.62 Å². The summed E-state index contributed by atoms with van der Waals surface area (Å²) < 4.78 is 43.1. The maximum absolute atomic E-state index is 14.7. The zero-order valence-corrected chi connectivity index (χ0v) is 22.2. The fraction of sp³-hybridized carbons (Fsp3) is 0.500. The normalized spacial score (nSPS) is 21.5. The van der Waals surface area contributed by atoms with E-state index in [4.69, 9.17) is 10.1 Å². The van der Waals surface area contributed by atoms with Gasteiger partial charge >= 0.3 is 0 Å². The van der Waals surface area contributed by atoms with E-state index in [-0.39, 0.29) is 11.6 Å². The first-order chi connectivity index (χ1) is 17.6. The molecule has 5 rings (SSSR count). The van der Waals surface area contributed by atoms with E-state index >= 15 is 0 Å². The van der Waals surface area contributed by atoms with E-state index in [0.717, 1.165) is 50.0 Å². The molecule has 2 saturated heterocycles. The lowest BCUT2D eigenvalue weighted by molar-refractivity contribution is -0.137. The van der Waals surface area contributed by atoms with E-state index in [1.54, 1.807) is 15.5 Å². The van der Waals surface area contributed by atoms with Crippen molar-refractivity contribution in [2.45, 2.75) is 51.6 Å². The molecule has 1 aromatic carbocycles. The summed E-state index contributed by atoms with van der Waals surface area (Å²) in [6.45, 7) is 6.64. The van der Waals surface area contributed by atoms with Gasteiger partial charge < -0.3 is 9.80 Å². The highest BCUT2D eigenvalue weighted by atomic mass is 32.2. The number of aryl methyl sites for hydroxylation is 1. The van der Waals surface area contributed by atoms with Crippen LogP contribution in [-0.4, -0.2) is 59.7 Å². The van der Waals surface area contributed by atoms with Gasteiger partial charge in [-0.05, 0) is 44.6 Å². The van der Waals surface area contributed by atoms with Gasteiger partial charge in [0.1, 0.15) is 17.7 Å². The third-order valence-corrected chi connectivity index (χ3v) is 7.93. The monoisotopic (exact) mass is 528 g/mol. The molecular weight excluding hydrogens is 495 g/mol. The second kappa shape index (κ2) is 10.0. The van der Waals surface area contributed by atoms with Crippen LogP contribution in [0, 0.1) is 18.7 Å². The van der Waals surface area contributed by atoms with Crippen LogP contribution in [0.25, 0.3) is 5.65 Å². The molecule has 11 heteroatoms. The molecule has 2 fully saturated rings. The predicted octanol–water partition coefficient (Wildman–Crippen LogP) is 3.37. The minimum Gasteiger partial charge on any atom is -0.356 e. The number of carbonyl (C=O) groups excluding carboxylic acids is 1. The standard InChI is InChI=1S/C26H33FN6O3S/c1-17-11-13-31(15-17)25-18(2)16-33-23(28-25)14-21(29-33)22-10-6-7-12-32(22)26(34)24(30-37(3,35)36)19-8-4-5-9-20(19)27/h4-5,8-9,14,16-17,22,24,30H,6-7,10-13,15H2,1-3H3/t17-,22-,24?/m0/s1. The van der Waals surface area contributed by atoms with Crippen molar-refractivity contribution in [3.05, 3.63) is 59.2 Å². The molecule has 0 bridgehead atoms. The zero-order chi connectivity index (χ0) is 26.3. The maximum Gasteiger partial charge on any atom is 0.245 e. The highest BCUT2D eigenvalue weighted by Gasteiger charge is 2.37. The van der Waals surface area contributed by atoms with Gasteiger partial charge in [0.2, 0.25) is 15.9 Å². The van der Waals surface area contributed by atoms with Gasteiger partial charge in [0.15, 0.2) is 5.65 Å². The minimum atomic E-state index is -3.79. The van der Waals surface area contributed by atoms with Crippen molar-refractivity contribution in [2.24, 2.45) is 5.92 Å². The number of likely N-dealkylation sites (tertiary alicyclic amines) is 1. The van der Waals surface area contributed by atoms with Crippen molar-refractivity contribution in [3.8, 4) is 0 Å². The van der Waals surface area contributed by atoms with Crippen LogP contribution in [0.15, 0.2) is 36.5 Å². The minimum absolute atomic E-state index is 0.000903. The molecule has 4 heterocycles. The van der Waals surface area contributed by atoms with Crippen molar-refractivity contribution in [1.82, 2.24) is 24.2 Å². The van der Waals surface area contributed by atoms with Gasteiger partial charge in [-0.3, -0.25) is 4.79 Å². The van der Waals surface area contributed by atoms with Gasteiger partial charge in [-0.25, -0.2) is 22.3 Å². The van der Waals surface area contributed by atoms with Crippen LogP contribution in [0.5, 0.6) is 0 Å². The van der Waals surface area contributed by atoms with Gasteiger partial charge in [0.25, 0.3) is 0 Å². The smallest absolute Gasteiger partial charge is 0.245 e. The number of rotatable bonds is 6. The number of halogens is 1. The highest BCUT2D eigenvalue weighted by Crippen LogP contribution is 2.34. The van der Waals surface area contributed by atoms with Crippen LogP contribution in [0.3, 0.4) is 0 Å². The number of fused-ring (bicyclic) bond motifs is 1. The Balaban J connectivity index is 1.49. The van der Waals surface area contributed by atoms with E-state index in [1.807, 2.05) is 19.2 Å². The molecule has 0 radical (unpaired) electrons. The number of anilines is 1. The molecule has 2 aliphatic heterocycles. The molecule has 0 saturated carbocycles. The molecule has 198 valence electrons. The SMILES string of the molecule is Cc1cn2nc([C@@H]3CCCCN3C(=O)C(NS(C)(=O)=O)c3ccccc3F)cc2nc1N1CC[C@H](C)C1. The van der Waals surface area contributed by atoms with Gasteiger partial charge in [-0.15, -0.1) is 0 Å². The number of aromatic nitrogens is 3. The lowest BCUT2D eigenvalue weighted by atomic mass is 9.97. The molecule has 2 aromatic heterocycles. The van der Waals surface area contributed by atoms with Gasteiger partial charge in [-0.2, -0.15) is 9.82 Å². The molecule has 1 amide bonds. The van der Waals surface area contributed by atoms with Crippen molar-refractivity contribution in [3.63, 3.8) is 0 Å². The Morgan fingerprint density at radius 3 is 2.68 bits per heavy atom. The third-order valence-electron chi connectivity index (χ3n) is 7.27. The average molecular weight is 529 g/mol. The van der Waals surface area contributed by atoms with E-state index in [0.29, 0.717) is 30.2 Å². The Bertz CT molecular complexity index is 1420. The Labute approximate surface area is 216 Å². The number of nitrogens with zero attached hydrogens (tertiary/aromatic N) is 5. The first-order valence-electron chi connectivity index (χ1n) is 12.7. The number of sulfonamides is 1. The molecule has 0 spiro atoms. The molecule has 9 nitrogen and oxygen atoms in total. The number of nitrogens with one attached hydrogen (secondary N) is 1. The zero-order valence-electron chi connectivity index (χ0n) is 21.4. The van der Waals surface area contributed by atoms with Crippen LogP contribution in [-0.2, 0) is 14.8 Å². The summed E-state index contributed by atoms with van der Waals surface area (Å²) >= 11 is 0. The summed E-state index contributed by atoms with van der Waals surface area (Å²) in [4.78, 5) is 22.7. The molecule has 1 unspecified atom stereocenters. The number of hydrogen-bond acceptors (Lipinski definition) is 6.